The molecule has 1 atom stereocenters. The lowest BCUT2D eigenvalue weighted by Gasteiger charge is -2.08. The van der Waals surface area contributed by atoms with Crippen molar-refractivity contribution in [1.29, 1.82) is 0 Å². The van der Waals surface area contributed by atoms with Gasteiger partial charge in [-0.25, -0.2) is 0 Å². The summed E-state index contributed by atoms with van der Waals surface area (Å²) in [6.07, 6.45) is 13.6. The summed E-state index contributed by atoms with van der Waals surface area (Å²) in [5.74, 6) is 0.515. The molecule has 2 aromatic rings. The van der Waals surface area contributed by atoms with Crippen LogP contribution < -0.4 is 0 Å². The molecule has 2 aromatic heterocycles. The monoisotopic (exact) mass is 344 g/mol. The standard InChI is InChI=1S/C21H28O4/c1-16(5-3-7-17(2)11-21(22)23)6-4-8-18-12-20(25-15-18)13-19-9-10-24-14-19/h6,9-10,12,14-15,17H,3-5,7-8,11,13H2,1-2H3,(H,22,23)/b16-6+. The molecule has 0 aromatic carbocycles. The van der Waals surface area contributed by atoms with Gasteiger partial charge >= 0.3 is 5.97 Å². The second kappa shape index (κ2) is 9.92. The molecule has 4 heteroatoms. The first-order valence-corrected chi connectivity index (χ1v) is 8.97. The Morgan fingerprint density at radius 1 is 1.32 bits per heavy atom. The minimum atomic E-state index is -0.702. The molecule has 0 aliphatic rings. The summed E-state index contributed by atoms with van der Waals surface area (Å²) in [5, 5.41) is 8.77. The van der Waals surface area contributed by atoms with Crippen LogP contribution in [-0.2, 0) is 17.6 Å². The SMILES string of the molecule is C/C(=C\CCc1coc(Cc2ccoc2)c1)CCCC(C)CC(=O)O. The van der Waals surface area contributed by atoms with Crippen molar-refractivity contribution in [3.8, 4) is 0 Å². The Bertz CT molecular complexity index is 664. The Morgan fingerprint density at radius 3 is 2.88 bits per heavy atom. The number of aryl methyl sites for hydroxylation is 1. The number of hydrogen-bond acceptors (Lipinski definition) is 3. The molecule has 0 amide bonds. The number of allylic oxidation sites excluding steroid dienone is 2. The maximum Gasteiger partial charge on any atom is 0.303 e. The quantitative estimate of drug-likeness (QED) is 0.537. The first-order chi connectivity index (χ1) is 12.0. The van der Waals surface area contributed by atoms with Gasteiger partial charge < -0.3 is 13.9 Å². The molecular formula is C21H28O4. The van der Waals surface area contributed by atoms with E-state index in [4.69, 9.17) is 13.9 Å². The highest BCUT2D eigenvalue weighted by atomic mass is 16.4. The van der Waals surface area contributed by atoms with Gasteiger partial charge in [0.15, 0.2) is 0 Å². The van der Waals surface area contributed by atoms with Crippen LogP contribution in [0.15, 0.2) is 51.4 Å². The molecule has 0 spiro atoms. The molecule has 0 aliphatic carbocycles. The number of hydrogen-bond donors (Lipinski definition) is 1. The maximum absolute atomic E-state index is 10.6. The van der Waals surface area contributed by atoms with Crippen LogP contribution in [0.3, 0.4) is 0 Å². The second-order valence-corrected chi connectivity index (χ2v) is 6.91. The van der Waals surface area contributed by atoms with E-state index < -0.39 is 5.97 Å². The minimum absolute atomic E-state index is 0.255. The van der Waals surface area contributed by atoms with Gasteiger partial charge in [0.25, 0.3) is 0 Å². The van der Waals surface area contributed by atoms with E-state index in [0.717, 1.165) is 49.8 Å². The first kappa shape index (κ1) is 19.1. The summed E-state index contributed by atoms with van der Waals surface area (Å²) < 4.78 is 10.7. The van der Waals surface area contributed by atoms with Crippen LogP contribution in [0.4, 0.5) is 0 Å². The smallest absolute Gasteiger partial charge is 0.303 e. The van der Waals surface area contributed by atoms with Gasteiger partial charge in [-0.1, -0.05) is 18.6 Å². The molecule has 0 aliphatic heterocycles. The van der Waals surface area contributed by atoms with E-state index in [9.17, 15) is 4.79 Å². The molecule has 25 heavy (non-hydrogen) atoms. The van der Waals surface area contributed by atoms with Crippen LogP contribution in [0.25, 0.3) is 0 Å². The first-order valence-electron chi connectivity index (χ1n) is 8.97. The third-order valence-electron chi connectivity index (χ3n) is 4.38. The summed E-state index contributed by atoms with van der Waals surface area (Å²) in [7, 11) is 0. The Kier molecular flexibility index (Phi) is 7.58. The minimum Gasteiger partial charge on any atom is -0.481 e. The molecule has 2 heterocycles. The van der Waals surface area contributed by atoms with Crippen molar-refractivity contribution in [2.45, 2.75) is 58.8 Å². The summed E-state index contributed by atoms with van der Waals surface area (Å²) >= 11 is 0. The van der Waals surface area contributed by atoms with E-state index in [1.807, 2.05) is 19.3 Å². The molecule has 0 radical (unpaired) electrons. The third kappa shape index (κ3) is 7.46. The fourth-order valence-electron chi connectivity index (χ4n) is 2.96. The van der Waals surface area contributed by atoms with Gasteiger partial charge in [-0.05, 0) is 68.2 Å². The number of rotatable bonds is 11. The van der Waals surface area contributed by atoms with Crippen LogP contribution in [0.2, 0.25) is 0 Å². The molecular weight excluding hydrogens is 316 g/mol. The highest BCUT2D eigenvalue weighted by Gasteiger charge is 2.07. The van der Waals surface area contributed by atoms with Crippen LogP contribution in [-0.4, -0.2) is 11.1 Å². The van der Waals surface area contributed by atoms with Crippen LogP contribution >= 0.6 is 0 Å². The van der Waals surface area contributed by atoms with Crippen molar-refractivity contribution in [2.24, 2.45) is 5.92 Å². The predicted molar refractivity (Wildman–Crippen MR) is 97.6 cm³/mol. The van der Waals surface area contributed by atoms with E-state index in [2.05, 4.69) is 19.1 Å². The molecule has 2 rings (SSSR count). The largest absolute Gasteiger partial charge is 0.481 e. The Balaban J connectivity index is 1.66. The lowest BCUT2D eigenvalue weighted by Crippen LogP contribution is -2.03. The highest BCUT2D eigenvalue weighted by molar-refractivity contribution is 5.66. The van der Waals surface area contributed by atoms with Crippen molar-refractivity contribution < 1.29 is 18.7 Å². The molecule has 0 saturated carbocycles. The fraction of sp³-hybridized carbons (Fsp3) is 0.476. The second-order valence-electron chi connectivity index (χ2n) is 6.91. The highest BCUT2D eigenvalue weighted by Crippen LogP contribution is 2.17. The van der Waals surface area contributed by atoms with Crippen molar-refractivity contribution in [3.05, 3.63) is 59.5 Å². The number of carboxylic acids is 1. The molecule has 0 saturated heterocycles. The third-order valence-corrected chi connectivity index (χ3v) is 4.38. The number of furan rings is 2. The molecule has 0 fully saturated rings. The van der Waals surface area contributed by atoms with Crippen LogP contribution in [0.5, 0.6) is 0 Å². The van der Waals surface area contributed by atoms with Gasteiger partial charge in [0.2, 0.25) is 0 Å². The van der Waals surface area contributed by atoms with Gasteiger partial charge in [0, 0.05) is 12.8 Å². The summed E-state index contributed by atoms with van der Waals surface area (Å²) in [6.45, 7) is 4.16. The zero-order valence-electron chi connectivity index (χ0n) is 15.2. The molecule has 4 nitrogen and oxygen atoms in total. The molecule has 1 N–H and O–H groups in total. The summed E-state index contributed by atoms with van der Waals surface area (Å²) in [6, 6.07) is 4.06. The van der Waals surface area contributed by atoms with E-state index in [1.165, 1.54) is 11.1 Å². The van der Waals surface area contributed by atoms with Crippen molar-refractivity contribution in [2.75, 3.05) is 0 Å². The number of aliphatic carboxylic acids is 1. The Hall–Kier alpha value is -2.23. The van der Waals surface area contributed by atoms with Crippen molar-refractivity contribution >= 4 is 5.97 Å². The average molecular weight is 344 g/mol. The van der Waals surface area contributed by atoms with Gasteiger partial charge in [0.1, 0.15) is 5.76 Å². The van der Waals surface area contributed by atoms with E-state index in [-0.39, 0.29) is 12.3 Å². The van der Waals surface area contributed by atoms with E-state index in [1.54, 1.807) is 12.5 Å². The lowest BCUT2D eigenvalue weighted by atomic mass is 9.98. The fourth-order valence-corrected chi connectivity index (χ4v) is 2.96. The zero-order chi connectivity index (χ0) is 18.1. The van der Waals surface area contributed by atoms with Crippen molar-refractivity contribution in [1.82, 2.24) is 0 Å². The van der Waals surface area contributed by atoms with Crippen LogP contribution in [0.1, 0.15) is 62.8 Å². The summed E-state index contributed by atoms with van der Waals surface area (Å²) in [4.78, 5) is 10.6. The van der Waals surface area contributed by atoms with Gasteiger partial charge in [-0.15, -0.1) is 0 Å². The lowest BCUT2D eigenvalue weighted by molar-refractivity contribution is -0.138. The zero-order valence-corrected chi connectivity index (χ0v) is 15.2. The predicted octanol–water partition coefficient (Wildman–Crippen LogP) is 5.62. The van der Waals surface area contributed by atoms with Gasteiger partial charge in [-0.2, -0.15) is 0 Å². The van der Waals surface area contributed by atoms with Crippen LogP contribution in [0, 0.1) is 5.92 Å². The average Bonchev–Trinajstić information content (AvgIpc) is 3.19. The Morgan fingerprint density at radius 2 is 2.16 bits per heavy atom. The van der Waals surface area contributed by atoms with Gasteiger partial charge in [0.05, 0.1) is 18.8 Å². The van der Waals surface area contributed by atoms with Gasteiger partial charge in [-0.3, -0.25) is 4.79 Å². The number of carboxylic acid groups (broad SMARTS) is 1. The maximum atomic E-state index is 10.6. The van der Waals surface area contributed by atoms with Crippen molar-refractivity contribution in [3.63, 3.8) is 0 Å². The molecule has 136 valence electrons. The molecule has 1 unspecified atom stereocenters. The number of carbonyl (C=O) groups is 1. The Labute approximate surface area is 149 Å². The topological polar surface area (TPSA) is 63.6 Å². The summed E-state index contributed by atoms with van der Waals surface area (Å²) in [5.41, 5.74) is 3.72. The molecule has 0 bridgehead atoms. The van der Waals surface area contributed by atoms with E-state index in [0.29, 0.717) is 0 Å². The normalized spacial score (nSPS) is 13.1. The van der Waals surface area contributed by atoms with E-state index >= 15 is 0 Å².